The molecule has 0 saturated carbocycles. The molecule has 150 valence electrons. The number of hydrogen-bond acceptors (Lipinski definition) is 3. The zero-order valence-corrected chi connectivity index (χ0v) is 16.8. The molecule has 0 aromatic heterocycles. The summed E-state index contributed by atoms with van der Waals surface area (Å²) in [6.45, 7) is 4.08. The minimum atomic E-state index is -0.759. The van der Waals surface area contributed by atoms with Gasteiger partial charge in [-0.1, -0.05) is 56.3 Å². The van der Waals surface area contributed by atoms with Gasteiger partial charge in [0.2, 0.25) is 5.91 Å². The quantitative estimate of drug-likeness (QED) is 0.734. The van der Waals surface area contributed by atoms with Gasteiger partial charge in [-0.05, 0) is 37.7 Å². The molecule has 0 aliphatic rings. The zero-order chi connectivity index (χ0) is 20.7. The van der Waals surface area contributed by atoms with Crippen molar-refractivity contribution in [1.82, 2.24) is 15.5 Å². The molecule has 6 heteroatoms. The van der Waals surface area contributed by atoms with Crippen molar-refractivity contribution < 1.29 is 14.0 Å². The number of likely N-dealkylation sites (N-methyl/N-ethyl adjacent to an activating group) is 1. The normalized spacial score (nSPS) is 13.2. The van der Waals surface area contributed by atoms with E-state index >= 15 is 0 Å². The van der Waals surface area contributed by atoms with Crippen LogP contribution in [0.4, 0.5) is 4.39 Å². The minimum Gasteiger partial charge on any atom is -0.352 e. The molecule has 2 amide bonds. The lowest BCUT2D eigenvalue weighted by Crippen LogP contribution is -2.51. The lowest BCUT2D eigenvalue weighted by Gasteiger charge is -2.27. The molecule has 2 rings (SSSR count). The molecule has 2 aromatic carbocycles. The summed E-state index contributed by atoms with van der Waals surface area (Å²) in [6.07, 6.45) is 0. The third-order valence-corrected chi connectivity index (χ3v) is 4.63. The smallest absolute Gasteiger partial charge is 0.254 e. The molecule has 1 unspecified atom stereocenters. The molecule has 0 radical (unpaired) electrons. The predicted molar refractivity (Wildman–Crippen MR) is 108 cm³/mol. The molecular weight excluding hydrogens is 357 g/mol. The first kappa shape index (κ1) is 21.6. The number of nitrogens with one attached hydrogen (secondary N) is 2. The Kier molecular flexibility index (Phi) is 7.70. The van der Waals surface area contributed by atoms with Gasteiger partial charge in [-0.2, -0.15) is 0 Å². The van der Waals surface area contributed by atoms with Crippen molar-refractivity contribution in [3.05, 3.63) is 71.5 Å². The van der Waals surface area contributed by atoms with Crippen molar-refractivity contribution in [3.63, 3.8) is 0 Å². The van der Waals surface area contributed by atoms with Crippen LogP contribution >= 0.6 is 0 Å². The van der Waals surface area contributed by atoms with Crippen LogP contribution in [0.2, 0.25) is 0 Å². The number of halogens is 1. The van der Waals surface area contributed by atoms with E-state index < -0.39 is 17.8 Å². The van der Waals surface area contributed by atoms with E-state index in [0.717, 1.165) is 5.56 Å². The van der Waals surface area contributed by atoms with E-state index in [0.29, 0.717) is 6.54 Å². The summed E-state index contributed by atoms with van der Waals surface area (Å²) in [5.74, 6) is -1.65. The van der Waals surface area contributed by atoms with E-state index in [2.05, 4.69) is 10.6 Å². The lowest BCUT2D eigenvalue weighted by atomic mass is 10.0. The molecule has 0 aliphatic heterocycles. The highest BCUT2D eigenvalue weighted by molar-refractivity contribution is 5.97. The van der Waals surface area contributed by atoms with Gasteiger partial charge < -0.3 is 15.5 Å². The fourth-order valence-corrected chi connectivity index (χ4v) is 2.98. The van der Waals surface area contributed by atoms with Crippen LogP contribution in [0.5, 0.6) is 0 Å². The van der Waals surface area contributed by atoms with E-state index in [9.17, 15) is 14.0 Å². The Morgan fingerprint density at radius 2 is 1.61 bits per heavy atom. The van der Waals surface area contributed by atoms with Crippen LogP contribution in [0.15, 0.2) is 54.6 Å². The summed E-state index contributed by atoms with van der Waals surface area (Å²) in [7, 11) is 3.90. The second kappa shape index (κ2) is 9.99. The highest BCUT2D eigenvalue weighted by atomic mass is 19.1. The average molecular weight is 385 g/mol. The fraction of sp³-hybridized carbons (Fsp3) is 0.364. The average Bonchev–Trinajstić information content (AvgIpc) is 2.66. The number of rotatable bonds is 8. The van der Waals surface area contributed by atoms with E-state index in [1.54, 1.807) is 6.07 Å². The number of benzene rings is 2. The molecule has 2 N–H and O–H groups in total. The number of amides is 2. The third-order valence-electron chi connectivity index (χ3n) is 4.63. The maximum absolute atomic E-state index is 13.9. The summed E-state index contributed by atoms with van der Waals surface area (Å²) in [4.78, 5) is 27.2. The SMILES string of the molecule is CC(C)[C@H](NC(=O)c1ccccc1F)C(=O)NCC(c1ccccc1)N(C)C. The number of carbonyl (C=O) groups excluding carboxylic acids is 2. The standard InChI is InChI=1S/C22H28FN3O2/c1-15(2)20(25-21(27)17-12-8-9-13-18(17)23)22(28)24-14-19(26(3)4)16-10-6-5-7-11-16/h5-13,15,19-20H,14H2,1-4H3,(H,24,28)(H,25,27)/t19?,20-/m0/s1. The highest BCUT2D eigenvalue weighted by Crippen LogP contribution is 2.17. The van der Waals surface area contributed by atoms with Crippen molar-refractivity contribution in [3.8, 4) is 0 Å². The van der Waals surface area contributed by atoms with Gasteiger partial charge in [-0.15, -0.1) is 0 Å². The van der Waals surface area contributed by atoms with Crippen molar-refractivity contribution in [2.75, 3.05) is 20.6 Å². The molecule has 2 atom stereocenters. The van der Waals surface area contributed by atoms with Gasteiger partial charge in [0, 0.05) is 6.54 Å². The Balaban J connectivity index is 2.06. The van der Waals surface area contributed by atoms with E-state index in [4.69, 9.17) is 0 Å². The molecule has 0 fully saturated rings. The second-order valence-electron chi connectivity index (χ2n) is 7.31. The predicted octanol–water partition coefficient (Wildman–Crippen LogP) is 3.00. The van der Waals surface area contributed by atoms with E-state index in [1.807, 2.05) is 63.2 Å². The van der Waals surface area contributed by atoms with Crippen LogP contribution in [-0.2, 0) is 4.79 Å². The van der Waals surface area contributed by atoms with Crippen LogP contribution in [0.25, 0.3) is 0 Å². The first-order valence-corrected chi connectivity index (χ1v) is 9.35. The largest absolute Gasteiger partial charge is 0.352 e. The van der Waals surface area contributed by atoms with Gasteiger partial charge >= 0.3 is 0 Å². The van der Waals surface area contributed by atoms with Gasteiger partial charge in [0.25, 0.3) is 5.91 Å². The van der Waals surface area contributed by atoms with Crippen molar-refractivity contribution >= 4 is 11.8 Å². The molecule has 0 bridgehead atoms. The topological polar surface area (TPSA) is 61.4 Å². The van der Waals surface area contributed by atoms with Crippen LogP contribution in [0.1, 0.15) is 35.8 Å². The van der Waals surface area contributed by atoms with Crippen LogP contribution < -0.4 is 10.6 Å². The van der Waals surface area contributed by atoms with E-state index in [1.165, 1.54) is 18.2 Å². The van der Waals surface area contributed by atoms with Crippen molar-refractivity contribution in [2.24, 2.45) is 5.92 Å². The van der Waals surface area contributed by atoms with Crippen molar-refractivity contribution in [1.29, 1.82) is 0 Å². The Morgan fingerprint density at radius 1 is 1.00 bits per heavy atom. The molecule has 5 nitrogen and oxygen atoms in total. The van der Waals surface area contributed by atoms with Gasteiger partial charge in [-0.25, -0.2) is 4.39 Å². The third kappa shape index (κ3) is 5.63. The number of carbonyl (C=O) groups is 2. The van der Waals surface area contributed by atoms with Gasteiger partial charge in [0.1, 0.15) is 11.9 Å². The molecule has 28 heavy (non-hydrogen) atoms. The molecule has 2 aromatic rings. The summed E-state index contributed by atoms with van der Waals surface area (Å²) >= 11 is 0. The Labute approximate surface area is 165 Å². The monoisotopic (exact) mass is 385 g/mol. The first-order valence-electron chi connectivity index (χ1n) is 9.35. The van der Waals surface area contributed by atoms with Crippen molar-refractivity contribution in [2.45, 2.75) is 25.9 Å². The minimum absolute atomic E-state index is 0.000214. The Morgan fingerprint density at radius 3 is 2.18 bits per heavy atom. The maximum Gasteiger partial charge on any atom is 0.254 e. The lowest BCUT2D eigenvalue weighted by molar-refractivity contribution is -0.124. The Bertz CT molecular complexity index is 793. The van der Waals surface area contributed by atoms with E-state index in [-0.39, 0.29) is 23.4 Å². The number of nitrogens with zero attached hydrogens (tertiary/aromatic N) is 1. The molecule has 0 saturated heterocycles. The molecular formula is C22H28FN3O2. The number of hydrogen-bond donors (Lipinski definition) is 2. The first-order chi connectivity index (χ1) is 13.3. The summed E-state index contributed by atoms with van der Waals surface area (Å²) in [5.41, 5.74) is 1.01. The molecule has 0 heterocycles. The second-order valence-corrected chi connectivity index (χ2v) is 7.31. The molecule has 0 aliphatic carbocycles. The molecule has 0 spiro atoms. The zero-order valence-electron chi connectivity index (χ0n) is 16.8. The van der Waals surface area contributed by atoms with Gasteiger partial charge in [0.05, 0.1) is 11.6 Å². The van der Waals surface area contributed by atoms with Crippen LogP contribution in [-0.4, -0.2) is 43.4 Å². The van der Waals surface area contributed by atoms with Crippen LogP contribution in [0, 0.1) is 11.7 Å². The fourth-order valence-electron chi connectivity index (χ4n) is 2.98. The highest BCUT2D eigenvalue weighted by Gasteiger charge is 2.26. The van der Waals surface area contributed by atoms with Crippen LogP contribution in [0.3, 0.4) is 0 Å². The Hall–Kier alpha value is -2.73. The maximum atomic E-state index is 13.9. The van der Waals surface area contributed by atoms with Gasteiger partial charge in [0.15, 0.2) is 0 Å². The summed E-state index contributed by atoms with van der Waals surface area (Å²) < 4.78 is 13.9. The summed E-state index contributed by atoms with van der Waals surface area (Å²) in [5, 5.41) is 5.59. The summed E-state index contributed by atoms with van der Waals surface area (Å²) in [6, 6.07) is 14.9. The van der Waals surface area contributed by atoms with Gasteiger partial charge in [-0.3, -0.25) is 9.59 Å².